The minimum atomic E-state index is -1.05. The van der Waals surface area contributed by atoms with E-state index in [0.717, 1.165) is 11.3 Å². The van der Waals surface area contributed by atoms with E-state index >= 15 is 0 Å². The number of carbonyl (C=O) groups is 2. The summed E-state index contributed by atoms with van der Waals surface area (Å²) in [5.41, 5.74) is -1.05. The maximum atomic E-state index is 13.8. The van der Waals surface area contributed by atoms with E-state index in [4.69, 9.17) is 5.11 Å². The lowest BCUT2D eigenvalue weighted by Gasteiger charge is -2.38. The zero-order valence-corrected chi connectivity index (χ0v) is 15.3. The highest BCUT2D eigenvalue weighted by Crippen LogP contribution is 2.42. The summed E-state index contributed by atoms with van der Waals surface area (Å²) < 4.78 is 26.8. The van der Waals surface area contributed by atoms with Gasteiger partial charge in [0.15, 0.2) is 0 Å². The van der Waals surface area contributed by atoms with E-state index in [1.165, 1.54) is 12.1 Å². The largest absolute Gasteiger partial charge is 0.481 e. The van der Waals surface area contributed by atoms with Gasteiger partial charge < -0.3 is 10.0 Å². The molecule has 0 bridgehead atoms. The summed E-state index contributed by atoms with van der Waals surface area (Å²) in [5, 5.41) is 9.31. The third-order valence-corrected chi connectivity index (χ3v) is 6.81. The SMILES string of the molecule is O=C(O)C1CCC(CF)(C(=O)N2CC[C@H](Sc3ccc(F)cc3)C2)CC1. The predicted octanol–water partition coefficient (Wildman–Crippen LogP) is 3.75. The van der Waals surface area contributed by atoms with Crippen molar-refractivity contribution >= 4 is 23.6 Å². The molecule has 1 aliphatic heterocycles. The van der Waals surface area contributed by atoms with Gasteiger partial charge in [-0.05, 0) is 56.4 Å². The third-order valence-electron chi connectivity index (χ3n) is 5.55. The molecular weight excluding hydrogens is 360 g/mol. The Morgan fingerprint density at radius 2 is 1.85 bits per heavy atom. The normalized spacial score (nSPS) is 28.9. The molecule has 2 fully saturated rings. The molecule has 1 aromatic carbocycles. The number of aliphatic carboxylic acids is 1. The van der Waals surface area contributed by atoms with Crippen molar-refractivity contribution in [1.82, 2.24) is 4.90 Å². The molecule has 0 radical (unpaired) electrons. The Kier molecular flexibility index (Phi) is 5.85. The van der Waals surface area contributed by atoms with Gasteiger partial charge in [-0.1, -0.05) is 0 Å². The van der Waals surface area contributed by atoms with E-state index < -0.39 is 24.0 Å². The summed E-state index contributed by atoms with van der Waals surface area (Å²) in [6, 6.07) is 6.28. The number of halogens is 2. The summed E-state index contributed by atoms with van der Waals surface area (Å²) in [6.07, 6.45) is 2.12. The fraction of sp³-hybridized carbons (Fsp3) is 0.579. The maximum absolute atomic E-state index is 13.8. The van der Waals surface area contributed by atoms with Crippen LogP contribution in [0.15, 0.2) is 29.2 Å². The first-order valence-corrected chi connectivity index (χ1v) is 9.82. The monoisotopic (exact) mass is 383 g/mol. The number of likely N-dealkylation sites (tertiary alicyclic amines) is 1. The molecule has 26 heavy (non-hydrogen) atoms. The van der Waals surface area contributed by atoms with Gasteiger partial charge in [-0.15, -0.1) is 11.8 Å². The standard InChI is InChI=1S/C19H23F2NO3S/c20-12-19(8-5-13(6-9-19)17(23)24)18(25)22-10-7-16(11-22)26-15-3-1-14(21)2-4-15/h1-4,13,16H,5-12H2,(H,23,24)/t13?,16-,19?/m0/s1. The number of hydrogen-bond donors (Lipinski definition) is 1. The van der Waals surface area contributed by atoms with Crippen molar-refractivity contribution in [3.63, 3.8) is 0 Å². The molecule has 1 heterocycles. The summed E-state index contributed by atoms with van der Waals surface area (Å²) in [6.45, 7) is 0.400. The topological polar surface area (TPSA) is 57.6 Å². The van der Waals surface area contributed by atoms with Crippen molar-refractivity contribution in [3.05, 3.63) is 30.1 Å². The van der Waals surface area contributed by atoms with Crippen LogP contribution in [0.2, 0.25) is 0 Å². The van der Waals surface area contributed by atoms with Gasteiger partial charge >= 0.3 is 5.97 Å². The number of nitrogens with zero attached hydrogens (tertiary/aromatic N) is 1. The second-order valence-electron chi connectivity index (χ2n) is 7.26. The Hall–Kier alpha value is -1.63. The van der Waals surface area contributed by atoms with Crippen molar-refractivity contribution in [3.8, 4) is 0 Å². The number of amides is 1. The summed E-state index contributed by atoms with van der Waals surface area (Å²) >= 11 is 1.61. The number of carboxylic acids is 1. The van der Waals surface area contributed by atoms with Gasteiger partial charge in [0, 0.05) is 23.2 Å². The van der Waals surface area contributed by atoms with Crippen LogP contribution in [-0.2, 0) is 9.59 Å². The smallest absolute Gasteiger partial charge is 0.306 e. The van der Waals surface area contributed by atoms with Crippen LogP contribution in [0.1, 0.15) is 32.1 Å². The molecule has 2 aliphatic rings. The van der Waals surface area contributed by atoms with E-state index in [9.17, 15) is 18.4 Å². The van der Waals surface area contributed by atoms with E-state index in [0.29, 0.717) is 38.8 Å². The minimum Gasteiger partial charge on any atom is -0.481 e. The first-order valence-electron chi connectivity index (χ1n) is 8.94. The highest BCUT2D eigenvalue weighted by atomic mass is 32.2. The molecule has 1 N–H and O–H groups in total. The van der Waals surface area contributed by atoms with Gasteiger partial charge in [-0.3, -0.25) is 9.59 Å². The van der Waals surface area contributed by atoms with Crippen LogP contribution in [0.25, 0.3) is 0 Å². The van der Waals surface area contributed by atoms with Crippen LogP contribution >= 0.6 is 11.8 Å². The molecule has 1 atom stereocenters. The molecule has 1 saturated heterocycles. The molecule has 0 unspecified atom stereocenters. The van der Waals surface area contributed by atoms with Crippen LogP contribution in [0, 0.1) is 17.2 Å². The molecule has 1 amide bonds. The highest BCUT2D eigenvalue weighted by Gasteiger charge is 2.46. The first-order chi connectivity index (χ1) is 12.4. The second-order valence-corrected chi connectivity index (χ2v) is 8.63. The van der Waals surface area contributed by atoms with Gasteiger partial charge in [0.25, 0.3) is 0 Å². The molecule has 0 aromatic heterocycles. The van der Waals surface area contributed by atoms with Crippen LogP contribution in [-0.4, -0.2) is 46.9 Å². The number of thioether (sulfide) groups is 1. The zero-order chi connectivity index (χ0) is 18.7. The molecule has 7 heteroatoms. The van der Waals surface area contributed by atoms with E-state index in [1.807, 2.05) is 0 Å². The molecule has 0 spiro atoms. The number of carboxylic acid groups (broad SMARTS) is 1. The maximum Gasteiger partial charge on any atom is 0.306 e. The molecule has 142 valence electrons. The average molecular weight is 383 g/mol. The van der Waals surface area contributed by atoms with Crippen molar-refractivity contribution < 1.29 is 23.5 Å². The number of benzene rings is 1. The lowest BCUT2D eigenvalue weighted by atomic mass is 9.70. The lowest BCUT2D eigenvalue weighted by Crippen LogP contribution is -2.47. The Bertz CT molecular complexity index is 659. The Labute approximate surface area is 155 Å². The number of alkyl halides is 1. The van der Waals surface area contributed by atoms with E-state index in [-0.39, 0.29) is 17.0 Å². The Morgan fingerprint density at radius 3 is 2.42 bits per heavy atom. The fourth-order valence-corrected chi connectivity index (χ4v) is 5.03. The van der Waals surface area contributed by atoms with Crippen molar-refractivity contribution in [1.29, 1.82) is 0 Å². The predicted molar refractivity (Wildman–Crippen MR) is 95.2 cm³/mol. The molecular formula is C19H23F2NO3S. The van der Waals surface area contributed by atoms with Crippen molar-refractivity contribution in [2.45, 2.75) is 42.2 Å². The molecule has 1 saturated carbocycles. The number of rotatable bonds is 5. The van der Waals surface area contributed by atoms with Crippen LogP contribution in [0.3, 0.4) is 0 Å². The van der Waals surface area contributed by atoms with Crippen LogP contribution in [0.4, 0.5) is 8.78 Å². The molecule has 3 rings (SSSR count). The van der Waals surface area contributed by atoms with Crippen LogP contribution in [0.5, 0.6) is 0 Å². The fourth-order valence-electron chi connectivity index (χ4n) is 3.87. The first kappa shape index (κ1) is 19.1. The molecule has 4 nitrogen and oxygen atoms in total. The van der Waals surface area contributed by atoms with E-state index in [2.05, 4.69) is 0 Å². The van der Waals surface area contributed by atoms with Gasteiger partial charge in [-0.2, -0.15) is 0 Å². The summed E-state index contributed by atoms with van der Waals surface area (Å²) in [5.74, 6) is -1.78. The quantitative estimate of drug-likeness (QED) is 0.841. The summed E-state index contributed by atoms with van der Waals surface area (Å²) in [7, 11) is 0. The summed E-state index contributed by atoms with van der Waals surface area (Å²) in [4.78, 5) is 26.7. The van der Waals surface area contributed by atoms with Gasteiger partial charge in [0.05, 0.1) is 11.3 Å². The minimum absolute atomic E-state index is 0.175. The van der Waals surface area contributed by atoms with Gasteiger partial charge in [0.2, 0.25) is 5.91 Å². The zero-order valence-electron chi connectivity index (χ0n) is 14.5. The van der Waals surface area contributed by atoms with Crippen molar-refractivity contribution in [2.24, 2.45) is 11.3 Å². The van der Waals surface area contributed by atoms with Gasteiger partial charge in [-0.25, -0.2) is 8.78 Å². The van der Waals surface area contributed by atoms with Crippen LogP contribution < -0.4 is 0 Å². The second kappa shape index (κ2) is 7.94. The Morgan fingerprint density at radius 1 is 1.19 bits per heavy atom. The van der Waals surface area contributed by atoms with Crippen molar-refractivity contribution in [2.75, 3.05) is 19.8 Å². The average Bonchev–Trinajstić information content (AvgIpc) is 3.11. The third kappa shape index (κ3) is 4.03. The number of hydrogen-bond acceptors (Lipinski definition) is 3. The molecule has 1 aliphatic carbocycles. The lowest BCUT2D eigenvalue weighted by molar-refractivity contribution is -0.150. The van der Waals surface area contributed by atoms with E-state index in [1.54, 1.807) is 28.8 Å². The number of carbonyl (C=O) groups excluding carboxylic acids is 1. The molecule has 1 aromatic rings. The van der Waals surface area contributed by atoms with Gasteiger partial charge in [0.1, 0.15) is 12.5 Å². The highest BCUT2D eigenvalue weighted by molar-refractivity contribution is 8.00. The Balaban J connectivity index is 1.59.